The van der Waals surface area contributed by atoms with Crippen molar-refractivity contribution < 1.29 is 14.7 Å². The Morgan fingerprint density at radius 3 is 2.52 bits per heavy atom. The molecule has 0 bridgehead atoms. The van der Waals surface area contributed by atoms with Crippen molar-refractivity contribution in [3.05, 3.63) is 63.2 Å². The quantitative estimate of drug-likeness (QED) is 0.464. The molecule has 2 N–H and O–H groups in total. The maximum atomic E-state index is 12.6. The van der Waals surface area contributed by atoms with Gasteiger partial charge in [0.25, 0.3) is 5.91 Å². The number of carboxylic acid groups (broad SMARTS) is 1. The molecule has 1 aromatic carbocycles. The monoisotopic (exact) mass is 410 g/mol. The molecule has 0 atom stereocenters. The molecule has 3 aromatic heterocycles. The predicted molar refractivity (Wildman–Crippen MR) is 109 cm³/mol. The molecule has 0 saturated carbocycles. The number of thiophene rings is 3. The summed E-state index contributed by atoms with van der Waals surface area (Å²) in [6, 6.07) is 12.5. The van der Waals surface area contributed by atoms with Crippen molar-refractivity contribution in [2.24, 2.45) is 0 Å². The number of nitriles is 1. The average Bonchev–Trinajstić information content (AvgIpc) is 3.36. The molecule has 0 aliphatic heterocycles. The van der Waals surface area contributed by atoms with Gasteiger partial charge in [0.2, 0.25) is 0 Å². The lowest BCUT2D eigenvalue weighted by Crippen LogP contribution is -2.12. The van der Waals surface area contributed by atoms with Gasteiger partial charge < -0.3 is 10.4 Å². The largest absolute Gasteiger partial charge is 0.478 e. The van der Waals surface area contributed by atoms with Crippen LogP contribution in [0.1, 0.15) is 25.6 Å². The first kappa shape index (κ1) is 17.4. The van der Waals surface area contributed by atoms with E-state index in [9.17, 15) is 14.7 Å². The summed E-state index contributed by atoms with van der Waals surface area (Å²) in [5, 5.41) is 25.3. The molecule has 0 saturated heterocycles. The molecule has 4 aromatic rings. The summed E-state index contributed by atoms with van der Waals surface area (Å²) >= 11 is 4.11. The Hall–Kier alpha value is -2.99. The minimum atomic E-state index is -1.11. The van der Waals surface area contributed by atoms with Gasteiger partial charge in [0.1, 0.15) is 10.6 Å². The maximum absolute atomic E-state index is 12.6. The topological polar surface area (TPSA) is 90.2 Å². The lowest BCUT2D eigenvalue weighted by Gasteiger charge is -2.05. The predicted octanol–water partition coefficient (Wildman–Crippen LogP) is 5.51. The van der Waals surface area contributed by atoms with E-state index < -0.39 is 5.97 Å². The number of nitrogens with one attached hydrogen (secondary N) is 1. The van der Waals surface area contributed by atoms with Gasteiger partial charge in [0.05, 0.1) is 16.5 Å². The van der Waals surface area contributed by atoms with Crippen molar-refractivity contribution in [1.82, 2.24) is 0 Å². The number of rotatable bonds is 4. The van der Waals surface area contributed by atoms with E-state index in [-0.39, 0.29) is 11.5 Å². The number of hydrogen-bond donors (Lipinski definition) is 2. The minimum Gasteiger partial charge on any atom is -0.478 e. The number of hydrogen-bond acceptors (Lipinski definition) is 6. The Morgan fingerprint density at radius 2 is 1.85 bits per heavy atom. The number of amides is 1. The SMILES string of the molecule is N#Cc1ccc(-c2csc(NC(=O)c3cc4sccc4s3)c2C(=O)O)cc1. The van der Waals surface area contributed by atoms with Crippen LogP contribution in [0, 0.1) is 11.3 Å². The van der Waals surface area contributed by atoms with Gasteiger partial charge in [-0.3, -0.25) is 4.79 Å². The molecule has 0 unspecified atom stereocenters. The summed E-state index contributed by atoms with van der Waals surface area (Å²) in [6.45, 7) is 0. The number of aromatic carboxylic acids is 1. The number of carboxylic acids is 1. The van der Waals surface area contributed by atoms with Crippen LogP contribution in [0.2, 0.25) is 0 Å². The zero-order valence-corrected chi connectivity index (χ0v) is 16.0. The minimum absolute atomic E-state index is 0.0522. The Balaban J connectivity index is 1.67. The van der Waals surface area contributed by atoms with Crippen LogP contribution in [0.3, 0.4) is 0 Å². The first-order valence-corrected chi connectivity index (χ1v) is 10.3. The zero-order valence-electron chi connectivity index (χ0n) is 13.6. The lowest BCUT2D eigenvalue weighted by atomic mass is 10.0. The summed E-state index contributed by atoms with van der Waals surface area (Å²) in [7, 11) is 0. The number of anilines is 1. The maximum Gasteiger partial charge on any atom is 0.339 e. The normalized spacial score (nSPS) is 10.6. The van der Waals surface area contributed by atoms with Gasteiger partial charge in [-0.15, -0.1) is 34.0 Å². The van der Waals surface area contributed by atoms with Crippen LogP contribution in [0.25, 0.3) is 20.5 Å². The summed E-state index contributed by atoms with van der Waals surface area (Å²) in [4.78, 5) is 24.9. The lowest BCUT2D eigenvalue weighted by molar-refractivity contribution is 0.0699. The van der Waals surface area contributed by atoms with Crippen LogP contribution in [-0.2, 0) is 0 Å². The molecule has 0 fully saturated rings. The van der Waals surface area contributed by atoms with Crippen molar-refractivity contribution in [1.29, 1.82) is 5.26 Å². The summed E-state index contributed by atoms with van der Waals surface area (Å²) in [6.07, 6.45) is 0. The second kappa shape index (κ2) is 6.96. The smallest absolute Gasteiger partial charge is 0.339 e. The molecule has 132 valence electrons. The van der Waals surface area contributed by atoms with Crippen molar-refractivity contribution in [2.45, 2.75) is 0 Å². The third kappa shape index (κ3) is 3.24. The van der Waals surface area contributed by atoms with Gasteiger partial charge >= 0.3 is 5.97 Å². The molecular formula is C19H10N2O3S3. The zero-order chi connectivity index (χ0) is 19.0. The van der Waals surface area contributed by atoms with Gasteiger partial charge in [0, 0.05) is 20.3 Å². The van der Waals surface area contributed by atoms with E-state index in [2.05, 4.69) is 5.32 Å². The van der Waals surface area contributed by atoms with E-state index in [1.165, 1.54) is 22.7 Å². The molecule has 0 aliphatic carbocycles. The fourth-order valence-corrected chi connectivity index (χ4v) is 5.60. The molecule has 1 amide bonds. The van der Waals surface area contributed by atoms with Crippen molar-refractivity contribution in [3.63, 3.8) is 0 Å². The average molecular weight is 411 g/mol. The van der Waals surface area contributed by atoms with E-state index >= 15 is 0 Å². The van der Waals surface area contributed by atoms with E-state index in [0.717, 1.165) is 9.40 Å². The molecular weight excluding hydrogens is 400 g/mol. The highest BCUT2D eigenvalue weighted by Crippen LogP contribution is 2.37. The number of fused-ring (bicyclic) bond motifs is 1. The van der Waals surface area contributed by atoms with Crippen molar-refractivity contribution in [3.8, 4) is 17.2 Å². The Kier molecular flexibility index (Phi) is 4.49. The van der Waals surface area contributed by atoms with E-state index in [1.54, 1.807) is 41.0 Å². The van der Waals surface area contributed by atoms with Crippen molar-refractivity contribution >= 4 is 60.3 Å². The number of benzene rings is 1. The van der Waals surface area contributed by atoms with Crippen LogP contribution in [-0.4, -0.2) is 17.0 Å². The fraction of sp³-hybridized carbons (Fsp3) is 0. The van der Waals surface area contributed by atoms with Gasteiger partial charge in [-0.2, -0.15) is 5.26 Å². The third-order valence-electron chi connectivity index (χ3n) is 3.92. The summed E-state index contributed by atoms with van der Waals surface area (Å²) in [5.41, 5.74) is 1.74. The number of carbonyl (C=O) groups is 2. The van der Waals surface area contributed by atoms with Gasteiger partial charge in [0.15, 0.2) is 0 Å². The first-order chi connectivity index (χ1) is 13.1. The Morgan fingerprint density at radius 1 is 1.07 bits per heavy atom. The van der Waals surface area contributed by atoms with Crippen molar-refractivity contribution in [2.75, 3.05) is 5.32 Å². The number of nitrogens with zero attached hydrogens (tertiary/aromatic N) is 1. The molecule has 3 heterocycles. The van der Waals surface area contributed by atoms with E-state index in [0.29, 0.717) is 26.6 Å². The van der Waals surface area contributed by atoms with Gasteiger partial charge in [-0.25, -0.2) is 4.79 Å². The molecule has 0 radical (unpaired) electrons. The van der Waals surface area contributed by atoms with E-state index in [1.807, 2.05) is 23.6 Å². The van der Waals surface area contributed by atoms with Crippen LogP contribution in [0.15, 0.2) is 47.2 Å². The van der Waals surface area contributed by atoms with Crippen LogP contribution in [0.5, 0.6) is 0 Å². The van der Waals surface area contributed by atoms with Gasteiger partial charge in [-0.05, 0) is 35.2 Å². The molecule has 8 heteroatoms. The molecule has 0 spiro atoms. The Labute approximate surface area is 165 Å². The van der Waals surface area contributed by atoms with Crippen LogP contribution >= 0.6 is 34.0 Å². The molecule has 0 aliphatic rings. The third-order valence-corrected chi connectivity index (χ3v) is 6.91. The van der Waals surface area contributed by atoms with Gasteiger partial charge in [-0.1, -0.05) is 12.1 Å². The van der Waals surface area contributed by atoms with Crippen LogP contribution in [0.4, 0.5) is 5.00 Å². The van der Waals surface area contributed by atoms with Crippen LogP contribution < -0.4 is 5.32 Å². The second-order valence-electron chi connectivity index (χ2n) is 5.56. The molecule has 4 rings (SSSR count). The molecule has 27 heavy (non-hydrogen) atoms. The number of carbonyl (C=O) groups excluding carboxylic acids is 1. The highest BCUT2D eigenvalue weighted by molar-refractivity contribution is 7.28. The highest BCUT2D eigenvalue weighted by Gasteiger charge is 2.22. The summed E-state index contributed by atoms with van der Waals surface area (Å²) in [5.74, 6) is -1.43. The Bertz CT molecular complexity index is 1180. The first-order valence-electron chi connectivity index (χ1n) is 7.70. The fourth-order valence-electron chi connectivity index (χ4n) is 2.64. The standard InChI is InChI=1S/C19H10N2O3S3/c20-8-10-1-3-11(4-2-10)12-9-26-18(16(12)19(23)24)21-17(22)15-7-14-13(27-15)5-6-25-14/h1-7,9H,(H,21,22)(H,23,24). The van der Waals surface area contributed by atoms with E-state index in [4.69, 9.17) is 5.26 Å². The second-order valence-corrected chi connectivity index (χ2v) is 8.47. The summed E-state index contributed by atoms with van der Waals surface area (Å²) < 4.78 is 2.07. The molecule has 5 nitrogen and oxygen atoms in total. The highest BCUT2D eigenvalue weighted by atomic mass is 32.1.